The van der Waals surface area contributed by atoms with Crippen molar-refractivity contribution < 1.29 is 18.1 Å². The van der Waals surface area contributed by atoms with E-state index in [4.69, 9.17) is 30.6 Å². The van der Waals surface area contributed by atoms with E-state index < -0.39 is 67.9 Å². The summed E-state index contributed by atoms with van der Waals surface area (Å²) in [6.07, 6.45) is -6.29. The van der Waals surface area contributed by atoms with Crippen molar-refractivity contribution in [2.75, 3.05) is 18.4 Å². The quantitative estimate of drug-likeness (QED) is 0.687. The van der Waals surface area contributed by atoms with Crippen LogP contribution in [0.5, 0.6) is 0 Å². The van der Waals surface area contributed by atoms with E-state index in [9.17, 15) is 4.39 Å². The van der Waals surface area contributed by atoms with Crippen LogP contribution < -0.4 is 5.31 Å². The number of benzene rings is 1. The second-order valence-electron chi connectivity index (χ2n) is 5.45. The van der Waals surface area contributed by atoms with Crippen molar-refractivity contribution in [2.45, 2.75) is 25.3 Å². The minimum Gasteiger partial charge on any atom is -0.367 e. The number of hydrogen-bond acceptors (Lipinski definition) is 6. The number of likely N-dealkylation sites (tertiary alicyclic amines) is 1. The van der Waals surface area contributed by atoms with Crippen LogP contribution >= 0.6 is 22.9 Å². The van der Waals surface area contributed by atoms with E-state index in [-0.39, 0.29) is 31.5 Å². The molecule has 1 atom stereocenters. The molecule has 1 saturated heterocycles. The predicted molar refractivity (Wildman–Crippen MR) is 105 cm³/mol. The van der Waals surface area contributed by atoms with Crippen LogP contribution in [0.4, 0.5) is 10.2 Å². The molecule has 4 rings (SSSR count). The summed E-state index contributed by atoms with van der Waals surface area (Å²) in [4.78, 5) is 8.72. The summed E-state index contributed by atoms with van der Waals surface area (Å²) in [5.74, 6) is -1.61. The summed E-state index contributed by atoms with van der Waals surface area (Å²) in [7, 11) is 0. The first-order valence-electron chi connectivity index (χ1n) is 12.7. The van der Waals surface area contributed by atoms with Gasteiger partial charge in [0, 0.05) is 32.5 Å². The second kappa shape index (κ2) is 7.77. The molecule has 0 saturated carbocycles. The number of rotatable bonds is 4. The molecular weight excluding hydrogens is 385 g/mol. The number of piperidine rings is 1. The Balaban J connectivity index is 1.77. The predicted octanol–water partition coefficient (Wildman–Crippen LogP) is 4.43. The molecule has 0 aliphatic carbocycles. The largest absolute Gasteiger partial charge is 0.367 e. The second-order valence-corrected chi connectivity index (χ2v) is 7.05. The number of aromatic nitrogens is 2. The van der Waals surface area contributed by atoms with Gasteiger partial charge in [0.05, 0.1) is 19.4 Å². The highest BCUT2D eigenvalue weighted by atomic mass is 35.5. The summed E-state index contributed by atoms with van der Waals surface area (Å²) in [6, 6.07) is -0.344. The van der Waals surface area contributed by atoms with E-state index in [2.05, 4.69) is 9.97 Å². The lowest BCUT2D eigenvalue weighted by Gasteiger charge is -2.32. The van der Waals surface area contributed by atoms with E-state index in [1.54, 1.807) is 6.07 Å². The van der Waals surface area contributed by atoms with Gasteiger partial charge in [0.2, 0.25) is 0 Å². The Bertz CT molecular complexity index is 1430. The lowest BCUT2D eigenvalue weighted by molar-refractivity contribution is 0.211. The molecule has 0 bridgehead atoms. The fourth-order valence-electron chi connectivity index (χ4n) is 2.41. The maximum Gasteiger partial charge on any atom is 0.162 e. The van der Waals surface area contributed by atoms with Crippen molar-refractivity contribution in [3.8, 4) is 6.07 Å². The monoisotopic (exact) mass is 411 g/mol. The smallest absolute Gasteiger partial charge is 0.162 e. The van der Waals surface area contributed by atoms with E-state index in [0.29, 0.717) is 0 Å². The molecule has 27 heavy (non-hydrogen) atoms. The van der Waals surface area contributed by atoms with Crippen molar-refractivity contribution in [3.63, 3.8) is 0 Å². The van der Waals surface area contributed by atoms with Crippen LogP contribution in [0, 0.1) is 17.1 Å². The fourth-order valence-corrected chi connectivity index (χ4v) is 3.38. The molecule has 1 N–H and O–H groups in total. The first-order chi connectivity index (χ1) is 17.1. The van der Waals surface area contributed by atoms with Gasteiger partial charge in [-0.2, -0.15) is 5.26 Å². The van der Waals surface area contributed by atoms with Crippen LogP contribution in [0.25, 0.3) is 10.2 Å². The van der Waals surface area contributed by atoms with Gasteiger partial charge in [0.15, 0.2) is 1.41 Å². The number of thiophene rings is 1. The van der Waals surface area contributed by atoms with Gasteiger partial charge in [-0.1, -0.05) is 17.7 Å². The molecule has 0 spiro atoms. The zero-order valence-corrected chi connectivity index (χ0v) is 15.1. The van der Waals surface area contributed by atoms with E-state index in [0.717, 1.165) is 28.4 Å². The van der Waals surface area contributed by atoms with E-state index in [1.165, 1.54) is 0 Å². The highest BCUT2D eigenvalue weighted by Crippen LogP contribution is 2.32. The molecule has 8 heteroatoms. The minimum absolute atomic E-state index is 0.0359. The fraction of sp³-hybridized carbons (Fsp3) is 0.316. The number of nitrogens with one attached hydrogen (secondary N) is 1. The van der Waals surface area contributed by atoms with Crippen LogP contribution in [-0.2, 0) is 6.52 Å². The molecule has 3 heterocycles. The molecule has 1 aliphatic heterocycles. The van der Waals surface area contributed by atoms with Gasteiger partial charge < -0.3 is 5.31 Å². The Labute approximate surface area is 179 Å². The van der Waals surface area contributed by atoms with Crippen molar-refractivity contribution in [2.24, 2.45) is 0 Å². The van der Waals surface area contributed by atoms with Crippen LogP contribution in [-0.4, -0.2) is 34.0 Å². The normalized spacial score (nSPS) is 27.1. The van der Waals surface area contributed by atoms with Gasteiger partial charge in [-0.3, -0.25) is 4.90 Å². The molecule has 1 aromatic carbocycles. The van der Waals surface area contributed by atoms with Crippen molar-refractivity contribution in [1.29, 1.82) is 5.26 Å². The van der Waals surface area contributed by atoms with Crippen LogP contribution in [0.3, 0.4) is 0 Å². The maximum atomic E-state index is 14.0. The average molecular weight is 412 g/mol. The summed E-state index contributed by atoms with van der Waals surface area (Å²) < 4.78 is 98.2. The van der Waals surface area contributed by atoms with Gasteiger partial charge in [0.25, 0.3) is 0 Å². The SMILES string of the molecule is [2H]c1nc(N([2H])C2([2H])C([2H])([2H])CN(C([2H])c3cc([2H])c(F)c(C#N)c3)CC2([2H])[2H])c2c([2H])c(Cl)sc2n1. The van der Waals surface area contributed by atoms with Gasteiger partial charge in [0.1, 0.15) is 30.2 Å². The van der Waals surface area contributed by atoms with Crippen molar-refractivity contribution in [1.82, 2.24) is 14.9 Å². The highest BCUT2D eigenvalue weighted by Gasteiger charge is 2.21. The third kappa shape index (κ3) is 4.03. The molecule has 138 valence electrons. The first-order valence-corrected chi connectivity index (χ1v) is 8.84. The number of fused-ring (bicyclic) bond motifs is 1. The van der Waals surface area contributed by atoms with Gasteiger partial charge in [-0.15, -0.1) is 11.3 Å². The van der Waals surface area contributed by atoms with Crippen molar-refractivity contribution in [3.05, 3.63) is 51.8 Å². The summed E-state index contributed by atoms with van der Waals surface area (Å²) in [6.45, 7) is -2.98. The highest BCUT2D eigenvalue weighted by molar-refractivity contribution is 7.22. The summed E-state index contributed by atoms with van der Waals surface area (Å²) >= 11 is 6.84. The third-order valence-electron chi connectivity index (χ3n) is 3.64. The van der Waals surface area contributed by atoms with Gasteiger partial charge in [-0.25, -0.2) is 14.4 Å². The maximum absolute atomic E-state index is 14.0. The lowest BCUT2D eigenvalue weighted by Crippen LogP contribution is -2.38. The van der Waals surface area contributed by atoms with Gasteiger partial charge in [-0.05, 0) is 36.5 Å². The Hall–Kier alpha value is -2.27. The van der Waals surface area contributed by atoms with Crippen molar-refractivity contribution >= 4 is 39.0 Å². The molecule has 2 aromatic heterocycles. The Morgan fingerprint density at radius 3 is 3.19 bits per heavy atom. The Morgan fingerprint density at radius 1 is 1.59 bits per heavy atom. The Morgan fingerprint density at radius 2 is 2.41 bits per heavy atom. The average Bonchev–Trinajstić information content (AvgIpc) is 3.09. The third-order valence-corrected chi connectivity index (χ3v) is 4.73. The van der Waals surface area contributed by atoms with Crippen LogP contribution in [0.15, 0.2) is 30.5 Å². The molecule has 1 aliphatic rings. The molecule has 1 unspecified atom stereocenters. The number of hydrogen-bond donors (Lipinski definition) is 1. The molecular formula is C19H17ClFN5S. The molecule has 0 radical (unpaired) electrons. The van der Waals surface area contributed by atoms with Gasteiger partial charge >= 0.3 is 0 Å². The zero-order valence-electron chi connectivity index (χ0n) is 23.5. The Kier molecular flexibility index (Phi) is 2.81. The topological polar surface area (TPSA) is 64.8 Å². The number of nitriles is 1. The van der Waals surface area contributed by atoms with E-state index in [1.807, 2.05) is 0 Å². The number of halogens is 2. The summed E-state index contributed by atoms with van der Waals surface area (Å²) in [5, 5.41) is 9.18. The molecule has 3 aromatic rings. The standard InChI is InChI=1S/C19H17ClFN5S/c20-17-8-15-18(23-11-24-19(15)27-17)25-14-3-5-26(6-4-14)10-12-1-2-16(21)13(7-12)9-22/h1-2,7-8,11,14H,3-6,10H2,(H,23,24,25)/i2D,3D2,4D2,8D,10D,11D,14D/hD. The number of anilines is 1. The van der Waals surface area contributed by atoms with Crippen LogP contribution in [0.2, 0.25) is 5.75 Å². The number of nitrogens with zero attached hydrogens (tertiary/aromatic N) is 4. The molecule has 0 amide bonds. The van der Waals surface area contributed by atoms with Crippen LogP contribution in [0.1, 0.15) is 36.2 Å². The zero-order chi connectivity index (χ0) is 27.7. The minimum atomic E-state index is -2.98. The van der Waals surface area contributed by atoms with E-state index >= 15 is 0 Å². The molecule has 5 nitrogen and oxygen atoms in total. The molecule has 1 fully saturated rings. The first kappa shape index (κ1) is 9.78. The lowest BCUT2D eigenvalue weighted by atomic mass is 10.0. The summed E-state index contributed by atoms with van der Waals surface area (Å²) in [5.41, 5.74) is -0.535.